The summed E-state index contributed by atoms with van der Waals surface area (Å²) in [5, 5.41) is 0. The molecule has 0 bridgehead atoms. The molecule has 1 aromatic rings. The van der Waals surface area contributed by atoms with Crippen molar-refractivity contribution < 1.29 is 9.47 Å². The van der Waals surface area contributed by atoms with Gasteiger partial charge in [-0.15, -0.1) is 0 Å². The third-order valence-corrected chi connectivity index (χ3v) is 3.81. The summed E-state index contributed by atoms with van der Waals surface area (Å²) in [4.78, 5) is 9.06. The van der Waals surface area contributed by atoms with Crippen molar-refractivity contribution in [3.63, 3.8) is 0 Å². The summed E-state index contributed by atoms with van der Waals surface area (Å²) in [6.45, 7) is 3.47. The largest absolute Gasteiger partial charge is 0.381 e. The van der Waals surface area contributed by atoms with Gasteiger partial charge in [0.1, 0.15) is 5.60 Å². The molecule has 1 aliphatic rings. The zero-order chi connectivity index (χ0) is 13.7. The summed E-state index contributed by atoms with van der Waals surface area (Å²) in [7, 11) is 1.72. The van der Waals surface area contributed by atoms with Crippen molar-refractivity contribution in [2.45, 2.75) is 44.2 Å². The first kappa shape index (κ1) is 14.4. The van der Waals surface area contributed by atoms with Gasteiger partial charge in [-0.05, 0) is 12.5 Å². The van der Waals surface area contributed by atoms with Crippen LogP contribution < -0.4 is 5.73 Å². The molecule has 2 heterocycles. The highest BCUT2D eigenvalue weighted by molar-refractivity contribution is 5.10. The molecule has 0 spiro atoms. The molecule has 1 unspecified atom stereocenters. The van der Waals surface area contributed by atoms with Crippen LogP contribution in [-0.2, 0) is 21.5 Å². The van der Waals surface area contributed by atoms with Gasteiger partial charge in [0.05, 0.1) is 0 Å². The Bertz CT molecular complexity index is 405. The van der Waals surface area contributed by atoms with E-state index in [0.29, 0.717) is 13.2 Å². The summed E-state index contributed by atoms with van der Waals surface area (Å²) in [5.41, 5.74) is 6.58. The van der Waals surface area contributed by atoms with Crippen LogP contribution in [0, 0.1) is 0 Å². The van der Waals surface area contributed by atoms with Crippen LogP contribution in [0.4, 0.5) is 0 Å². The van der Waals surface area contributed by atoms with Crippen molar-refractivity contribution >= 4 is 0 Å². The predicted molar refractivity (Wildman–Crippen MR) is 72.7 cm³/mol. The molecule has 1 fully saturated rings. The van der Waals surface area contributed by atoms with Crippen LogP contribution in [0.3, 0.4) is 0 Å². The van der Waals surface area contributed by atoms with Crippen molar-refractivity contribution in [2.75, 3.05) is 20.3 Å². The summed E-state index contributed by atoms with van der Waals surface area (Å²) < 4.78 is 11.1. The molecule has 1 saturated heterocycles. The number of aromatic nitrogens is 2. The van der Waals surface area contributed by atoms with Gasteiger partial charge >= 0.3 is 0 Å². The molecule has 0 aromatic carbocycles. The van der Waals surface area contributed by atoms with Gasteiger partial charge in [-0.25, -0.2) is 9.97 Å². The molecule has 1 aliphatic heterocycles. The Kier molecular flexibility index (Phi) is 4.85. The molecule has 0 amide bonds. The minimum Gasteiger partial charge on any atom is -0.381 e. The number of hydrogen-bond acceptors (Lipinski definition) is 5. The van der Waals surface area contributed by atoms with E-state index in [1.165, 1.54) is 0 Å². The van der Waals surface area contributed by atoms with Gasteiger partial charge in [0.15, 0.2) is 5.82 Å². The summed E-state index contributed by atoms with van der Waals surface area (Å²) in [5.74, 6) is 0.763. The van der Waals surface area contributed by atoms with Crippen LogP contribution in [0.25, 0.3) is 0 Å². The van der Waals surface area contributed by atoms with Gasteiger partial charge in [-0.3, -0.25) is 0 Å². The summed E-state index contributed by atoms with van der Waals surface area (Å²) in [6.07, 6.45) is 5.13. The second-order valence-corrected chi connectivity index (χ2v) is 5.05. The summed E-state index contributed by atoms with van der Waals surface area (Å²) in [6, 6.07) is 2.08. The second kappa shape index (κ2) is 6.41. The topological polar surface area (TPSA) is 70.3 Å². The van der Waals surface area contributed by atoms with E-state index in [9.17, 15) is 0 Å². The van der Waals surface area contributed by atoms with Crippen LogP contribution in [0.15, 0.2) is 12.3 Å². The first-order valence-corrected chi connectivity index (χ1v) is 6.91. The molecule has 19 heavy (non-hydrogen) atoms. The number of ether oxygens (including phenoxy) is 2. The maximum absolute atomic E-state index is 5.99. The Hall–Kier alpha value is -1.04. The van der Waals surface area contributed by atoms with Crippen molar-refractivity contribution in [3.05, 3.63) is 23.8 Å². The maximum atomic E-state index is 5.99. The van der Waals surface area contributed by atoms with E-state index in [2.05, 4.69) is 16.9 Å². The molecule has 5 heteroatoms. The van der Waals surface area contributed by atoms with Crippen molar-refractivity contribution in [3.8, 4) is 0 Å². The third-order valence-electron chi connectivity index (χ3n) is 3.81. The van der Waals surface area contributed by atoms with E-state index in [1.54, 1.807) is 13.3 Å². The Morgan fingerprint density at radius 1 is 1.47 bits per heavy atom. The number of nitrogens with two attached hydrogens (primary N) is 1. The lowest BCUT2D eigenvalue weighted by atomic mass is 9.93. The predicted octanol–water partition coefficient (Wildman–Crippen LogP) is 1.41. The molecule has 106 valence electrons. The first-order chi connectivity index (χ1) is 9.20. The highest BCUT2D eigenvalue weighted by Crippen LogP contribution is 2.33. The average Bonchev–Trinajstić information content (AvgIpc) is 2.48. The van der Waals surface area contributed by atoms with Gasteiger partial charge in [0, 0.05) is 57.5 Å². The lowest BCUT2D eigenvalue weighted by Crippen LogP contribution is -2.37. The lowest BCUT2D eigenvalue weighted by Gasteiger charge is -2.34. The number of nitrogens with zero attached hydrogens (tertiary/aromatic N) is 2. The molecule has 2 N–H and O–H groups in total. The van der Waals surface area contributed by atoms with Gasteiger partial charge in [0.25, 0.3) is 0 Å². The molecule has 2 rings (SSSR count). The molecule has 5 nitrogen and oxygen atoms in total. The minimum absolute atomic E-state index is 0.149. The maximum Gasteiger partial charge on any atom is 0.160 e. The van der Waals surface area contributed by atoms with Crippen LogP contribution in [0.2, 0.25) is 0 Å². The molecule has 0 radical (unpaired) electrons. The highest BCUT2D eigenvalue weighted by Gasteiger charge is 2.37. The van der Waals surface area contributed by atoms with Gasteiger partial charge < -0.3 is 15.2 Å². The van der Waals surface area contributed by atoms with Gasteiger partial charge in [-0.1, -0.05) is 6.92 Å². The van der Waals surface area contributed by atoms with Crippen LogP contribution in [0.1, 0.15) is 37.7 Å². The quantitative estimate of drug-likeness (QED) is 0.871. The molecular formula is C14H23N3O2. The lowest BCUT2D eigenvalue weighted by molar-refractivity contribution is -0.100. The summed E-state index contributed by atoms with van der Waals surface area (Å²) >= 11 is 0. The second-order valence-electron chi connectivity index (χ2n) is 5.05. The molecule has 0 saturated carbocycles. The zero-order valence-corrected chi connectivity index (χ0v) is 11.8. The van der Waals surface area contributed by atoms with E-state index in [-0.39, 0.29) is 6.04 Å². The van der Waals surface area contributed by atoms with Crippen molar-refractivity contribution in [2.24, 2.45) is 5.73 Å². The fourth-order valence-electron chi connectivity index (χ4n) is 2.36. The minimum atomic E-state index is -0.398. The Morgan fingerprint density at radius 3 is 2.84 bits per heavy atom. The fraction of sp³-hybridized carbons (Fsp3) is 0.714. The van der Waals surface area contributed by atoms with E-state index < -0.39 is 5.60 Å². The average molecular weight is 265 g/mol. The first-order valence-electron chi connectivity index (χ1n) is 6.91. The SMILES string of the molecule is CCC(N)Cc1ccnc(C2(OC)CCOCC2)n1. The molecule has 0 aliphatic carbocycles. The van der Waals surface area contributed by atoms with Gasteiger partial charge in [0.2, 0.25) is 0 Å². The standard InChI is InChI=1S/C14H23N3O2/c1-3-11(15)10-12-4-7-16-13(17-12)14(18-2)5-8-19-9-6-14/h4,7,11H,3,5-6,8-10,15H2,1-2H3. The van der Waals surface area contributed by atoms with E-state index in [1.807, 2.05) is 6.07 Å². The highest BCUT2D eigenvalue weighted by atomic mass is 16.5. The van der Waals surface area contributed by atoms with Crippen LogP contribution in [-0.4, -0.2) is 36.3 Å². The van der Waals surface area contributed by atoms with E-state index in [0.717, 1.165) is 37.2 Å². The van der Waals surface area contributed by atoms with Crippen LogP contribution >= 0.6 is 0 Å². The normalized spacial score (nSPS) is 20.2. The Balaban J connectivity index is 2.21. The van der Waals surface area contributed by atoms with E-state index in [4.69, 9.17) is 15.2 Å². The van der Waals surface area contributed by atoms with Crippen LogP contribution in [0.5, 0.6) is 0 Å². The smallest absolute Gasteiger partial charge is 0.160 e. The fourth-order valence-corrected chi connectivity index (χ4v) is 2.36. The third kappa shape index (κ3) is 3.29. The molecular weight excluding hydrogens is 242 g/mol. The molecule has 1 aromatic heterocycles. The number of hydrogen-bond donors (Lipinski definition) is 1. The zero-order valence-electron chi connectivity index (χ0n) is 11.8. The van der Waals surface area contributed by atoms with Crippen molar-refractivity contribution in [1.82, 2.24) is 9.97 Å². The molecule has 1 atom stereocenters. The van der Waals surface area contributed by atoms with E-state index >= 15 is 0 Å². The monoisotopic (exact) mass is 265 g/mol. The Morgan fingerprint density at radius 2 is 2.21 bits per heavy atom. The van der Waals surface area contributed by atoms with Crippen molar-refractivity contribution in [1.29, 1.82) is 0 Å². The number of methoxy groups -OCH3 is 1. The number of rotatable bonds is 5. The Labute approximate surface area is 114 Å². The van der Waals surface area contributed by atoms with Gasteiger partial charge in [-0.2, -0.15) is 0 Å².